The van der Waals surface area contributed by atoms with Crippen LogP contribution in [0.15, 0.2) is 0 Å². The summed E-state index contributed by atoms with van der Waals surface area (Å²) >= 11 is 0. The van der Waals surface area contributed by atoms with Gasteiger partial charge in [-0.2, -0.15) is 0 Å². The number of carbonyl (C=O) groups excluding carboxylic acids is 1. The first kappa shape index (κ1) is 15.2. The fraction of sp³-hybridized carbons (Fsp3) is 0.923. The first-order chi connectivity index (χ1) is 8.31. The highest BCUT2D eigenvalue weighted by molar-refractivity contribution is 5.68. The standard InChI is InChI=1S/C13H25FN2O2/c1-13(2,3)18-12(17)16-6-4-10(5-7-16)8-11(14)9-15/h10-11H,4-9,15H2,1-3H3. The predicted octanol–water partition coefficient (Wildman–Crippen LogP) is 2.32. The lowest BCUT2D eigenvalue weighted by atomic mass is 9.92. The van der Waals surface area contributed by atoms with Gasteiger partial charge in [0, 0.05) is 19.6 Å². The number of hydrogen-bond donors (Lipinski definition) is 1. The minimum atomic E-state index is -0.914. The van der Waals surface area contributed by atoms with Crippen molar-refractivity contribution in [2.75, 3.05) is 19.6 Å². The average Bonchev–Trinajstić information content (AvgIpc) is 2.27. The van der Waals surface area contributed by atoms with Crippen LogP contribution in [0.3, 0.4) is 0 Å². The molecule has 0 aromatic carbocycles. The molecular weight excluding hydrogens is 235 g/mol. The van der Waals surface area contributed by atoms with Crippen LogP contribution in [0, 0.1) is 5.92 Å². The topological polar surface area (TPSA) is 55.6 Å². The molecular formula is C13H25FN2O2. The highest BCUT2D eigenvalue weighted by Gasteiger charge is 2.27. The van der Waals surface area contributed by atoms with Gasteiger partial charge >= 0.3 is 6.09 Å². The van der Waals surface area contributed by atoms with E-state index in [4.69, 9.17) is 10.5 Å². The Morgan fingerprint density at radius 3 is 2.44 bits per heavy atom. The molecule has 4 nitrogen and oxygen atoms in total. The Bertz CT molecular complexity index is 271. The first-order valence-electron chi connectivity index (χ1n) is 6.64. The molecule has 0 bridgehead atoms. The Hall–Kier alpha value is -0.840. The van der Waals surface area contributed by atoms with Gasteiger partial charge in [0.1, 0.15) is 11.8 Å². The number of ether oxygens (including phenoxy) is 1. The zero-order valence-electron chi connectivity index (χ0n) is 11.6. The summed E-state index contributed by atoms with van der Waals surface area (Å²) in [6.45, 7) is 6.95. The molecule has 1 aliphatic heterocycles. The molecule has 1 fully saturated rings. The fourth-order valence-electron chi connectivity index (χ4n) is 2.14. The van der Waals surface area contributed by atoms with Gasteiger partial charge in [-0.1, -0.05) is 0 Å². The lowest BCUT2D eigenvalue weighted by Gasteiger charge is -2.33. The molecule has 18 heavy (non-hydrogen) atoms. The highest BCUT2D eigenvalue weighted by Crippen LogP contribution is 2.24. The molecule has 2 N–H and O–H groups in total. The summed E-state index contributed by atoms with van der Waals surface area (Å²) in [4.78, 5) is 13.5. The number of likely N-dealkylation sites (tertiary alicyclic amines) is 1. The van der Waals surface area contributed by atoms with Crippen LogP contribution in [-0.4, -0.2) is 42.4 Å². The predicted molar refractivity (Wildman–Crippen MR) is 69.1 cm³/mol. The van der Waals surface area contributed by atoms with Crippen molar-refractivity contribution in [1.82, 2.24) is 4.90 Å². The number of alkyl halides is 1. The maximum atomic E-state index is 13.2. The Balaban J connectivity index is 2.33. The number of hydrogen-bond acceptors (Lipinski definition) is 3. The molecule has 0 spiro atoms. The van der Waals surface area contributed by atoms with Gasteiger partial charge in [-0.3, -0.25) is 0 Å². The molecule has 0 radical (unpaired) electrons. The Labute approximate surface area is 109 Å². The summed E-state index contributed by atoms with van der Waals surface area (Å²) < 4.78 is 18.5. The van der Waals surface area contributed by atoms with Crippen molar-refractivity contribution in [2.24, 2.45) is 11.7 Å². The van der Waals surface area contributed by atoms with Crippen molar-refractivity contribution >= 4 is 6.09 Å². The normalized spacial score (nSPS) is 19.7. The van der Waals surface area contributed by atoms with Gasteiger partial charge in [0.15, 0.2) is 0 Å². The maximum absolute atomic E-state index is 13.2. The van der Waals surface area contributed by atoms with Gasteiger partial charge in [-0.05, 0) is 46.0 Å². The van der Waals surface area contributed by atoms with E-state index in [0.29, 0.717) is 25.4 Å². The number of nitrogens with zero attached hydrogens (tertiary/aromatic N) is 1. The number of amides is 1. The minimum Gasteiger partial charge on any atom is -0.444 e. The van der Waals surface area contributed by atoms with Crippen LogP contribution >= 0.6 is 0 Å². The lowest BCUT2D eigenvalue weighted by molar-refractivity contribution is 0.0174. The molecule has 1 heterocycles. The third kappa shape index (κ3) is 5.21. The van der Waals surface area contributed by atoms with Crippen molar-refractivity contribution in [1.29, 1.82) is 0 Å². The summed E-state index contributed by atoms with van der Waals surface area (Å²) in [5.41, 5.74) is 4.81. The van der Waals surface area contributed by atoms with E-state index in [0.717, 1.165) is 12.8 Å². The largest absolute Gasteiger partial charge is 0.444 e. The summed E-state index contributed by atoms with van der Waals surface area (Å²) in [5.74, 6) is 0.335. The van der Waals surface area contributed by atoms with Crippen LogP contribution < -0.4 is 5.73 Å². The molecule has 1 atom stereocenters. The number of carbonyl (C=O) groups is 1. The molecule has 0 saturated carbocycles. The quantitative estimate of drug-likeness (QED) is 0.847. The van der Waals surface area contributed by atoms with Crippen molar-refractivity contribution in [3.8, 4) is 0 Å². The molecule has 106 valence electrons. The second-order valence-corrected chi connectivity index (χ2v) is 5.98. The van der Waals surface area contributed by atoms with E-state index in [1.54, 1.807) is 4.90 Å². The average molecular weight is 260 g/mol. The summed E-state index contributed by atoms with van der Waals surface area (Å²) in [7, 11) is 0. The van der Waals surface area contributed by atoms with Gasteiger partial charge in [0.05, 0.1) is 0 Å². The Kier molecular flexibility index (Phi) is 5.38. The molecule has 1 saturated heterocycles. The van der Waals surface area contributed by atoms with E-state index >= 15 is 0 Å². The van der Waals surface area contributed by atoms with Crippen LogP contribution in [0.25, 0.3) is 0 Å². The van der Waals surface area contributed by atoms with Gasteiger partial charge in [0.25, 0.3) is 0 Å². The summed E-state index contributed by atoms with van der Waals surface area (Å²) in [6, 6.07) is 0. The third-order valence-corrected chi connectivity index (χ3v) is 3.11. The molecule has 1 rings (SSSR count). The fourth-order valence-corrected chi connectivity index (χ4v) is 2.14. The van der Waals surface area contributed by atoms with E-state index in [1.165, 1.54) is 0 Å². The lowest BCUT2D eigenvalue weighted by Crippen LogP contribution is -2.42. The van der Waals surface area contributed by atoms with Crippen molar-refractivity contribution in [3.63, 3.8) is 0 Å². The molecule has 1 unspecified atom stereocenters. The van der Waals surface area contributed by atoms with Crippen molar-refractivity contribution < 1.29 is 13.9 Å². The second-order valence-electron chi connectivity index (χ2n) is 5.98. The molecule has 5 heteroatoms. The molecule has 1 amide bonds. The van der Waals surface area contributed by atoms with Crippen molar-refractivity contribution in [3.05, 3.63) is 0 Å². The highest BCUT2D eigenvalue weighted by atomic mass is 19.1. The second kappa shape index (κ2) is 6.36. The number of rotatable bonds is 3. The number of halogens is 1. The molecule has 0 aromatic rings. The smallest absolute Gasteiger partial charge is 0.410 e. The van der Waals surface area contributed by atoms with Gasteiger partial charge in [0.2, 0.25) is 0 Å². The van der Waals surface area contributed by atoms with E-state index in [2.05, 4.69) is 0 Å². The monoisotopic (exact) mass is 260 g/mol. The summed E-state index contributed by atoms with van der Waals surface area (Å²) in [6.07, 6.45) is 0.998. The van der Waals surface area contributed by atoms with E-state index in [1.807, 2.05) is 20.8 Å². The Morgan fingerprint density at radius 2 is 2.00 bits per heavy atom. The van der Waals surface area contributed by atoms with E-state index < -0.39 is 11.8 Å². The first-order valence-corrected chi connectivity index (χ1v) is 6.64. The van der Waals surface area contributed by atoms with Crippen LogP contribution in [-0.2, 0) is 4.74 Å². The zero-order chi connectivity index (χ0) is 13.8. The zero-order valence-corrected chi connectivity index (χ0v) is 11.6. The minimum absolute atomic E-state index is 0.0896. The van der Waals surface area contributed by atoms with Crippen LogP contribution in [0.1, 0.15) is 40.0 Å². The molecule has 0 aromatic heterocycles. The molecule has 0 aliphatic carbocycles. The van der Waals surface area contributed by atoms with Crippen LogP contribution in [0.5, 0.6) is 0 Å². The van der Waals surface area contributed by atoms with E-state index in [-0.39, 0.29) is 12.6 Å². The Morgan fingerprint density at radius 1 is 1.44 bits per heavy atom. The maximum Gasteiger partial charge on any atom is 0.410 e. The molecule has 1 aliphatic rings. The van der Waals surface area contributed by atoms with Crippen LogP contribution in [0.4, 0.5) is 9.18 Å². The van der Waals surface area contributed by atoms with Gasteiger partial charge in [-0.25, -0.2) is 9.18 Å². The summed E-state index contributed by atoms with van der Waals surface area (Å²) in [5, 5.41) is 0. The number of piperidine rings is 1. The third-order valence-electron chi connectivity index (χ3n) is 3.11. The SMILES string of the molecule is CC(C)(C)OC(=O)N1CCC(CC(F)CN)CC1. The van der Waals surface area contributed by atoms with Gasteiger partial charge < -0.3 is 15.4 Å². The van der Waals surface area contributed by atoms with Crippen molar-refractivity contribution in [2.45, 2.75) is 51.8 Å². The van der Waals surface area contributed by atoms with Gasteiger partial charge in [-0.15, -0.1) is 0 Å². The van der Waals surface area contributed by atoms with Crippen LogP contribution in [0.2, 0.25) is 0 Å². The number of nitrogens with two attached hydrogens (primary N) is 1. The van der Waals surface area contributed by atoms with E-state index in [9.17, 15) is 9.18 Å².